The second kappa shape index (κ2) is 12.8. The molecule has 1 amide bonds. The maximum atomic E-state index is 15.8. The highest BCUT2D eigenvalue weighted by molar-refractivity contribution is 6.76. The van der Waals surface area contributed by atoms with Gasteiger partial charge in [-0.15, -0.1) is 0 Å². The average Bonchev–Trinajstić information content (AvgIpc) is 2.95. The molecule has 0 spiro atoms. The number of benzene rings is 1. The van der Waals surface area contributed by atoms with E-state index < -0.39 is 42.7 Å². The molecule has 12 heteroatoms. The van der Waals surface area contributed by atoms with Crippen molar-refractivity contribution < 1.29 is 31.9 Å². The highest BCUT2D eigenvalue weighted by Crippen LogP contribution is 2.41. The molecule has 44 heavy (non-hydrogen) atoms. The number of carbonyl (C=O) groups is 2. The third-order valence-corrected chi connectivity index (χ3v) is 10.1. The molecule has 7 nitrogen and oxygen atoms in total. The van der Waals surface area contributed by atoms with Gasteiger partial charge in [-0.25, -0.2) is 9.37 Å². The predicted molar refractivity (Wildman–Crippen MR) is 165 cm³/mol. The number of aromatic nitrogens is 1. The highest BCUT2D eigenvalue weighted by Gasteiger charge is 2.46. The van der Waals surface area contributed by atoms with Crippen molar-refractivity contribution in [2.75, 3.05) is 26.7 Å². The van der Waals surface area contributed by atoms with Gasteiger partial charge < -0.3 is 19.7 Å². The number of ether oxygens (including phenoxy) is 1. The van der Waals surface area contributed by atoms with Crippen molar-refractivity contribution in [3.05, 3.63) is 76.9 Å². The van der Waals surface area contributed by atoms with Crippen LogP contribution in [0.25, 0.3) is 5.57 Å². The summed E-state index contributed by atoms with van der Waals surface area (Å²) in [6.45, 7) is 11.4. The Morgan fingerprint density at radius 3 is 2.36 bits per heavy atom. The number of nitrogens with zero attached hydrogens (tertiary/aromatic N) is 3. The maximum Gasteiger partial charge on any atom is 0.417 e. The number of hydrogen-bond acceptors (Lipinski definition) is 6. The fourth-order valence-electron chi connectivity index (χ4n) is 5.55. The van der Waals surface area contributed by atoms with Crippen LogP contribution in [0.3, 0.4) is 0 Å². The van der Waals surface area contributed by atoms with Crippen molar-refractivity contribution in [2.24, 2.45) is 0 Å². The van der Waals surface area contributed by atoms with E-state index in [-0.39, 0.29) is 42.3 Å². The van der Waals surface area contributed by atoms with Crippen molar-refractivity contribution in [1.29, 1.82) is 0 Å². The summed E-state index contributed by atoms with van der Waals surface area (Å²) < 4.78 is 64.1. The van der Waals surface area contributed by atoms with Gasteiger partial charge in [0.15, 0.2) is 6.29 Å². The molecule has 1 aliphatic carbocycles. The van der Waals surface area contributed by atoms with Crippen LogP contribution in [0.1, 0.15) is 41.8 Å². The number of nitrogens with one attached hydrogen (secondary N) is 1. The van der Waals surface area contributed by atoms with Crippen LogP contribution in [-0.2, 0) is 11.0 Å². The molecule has 1 fully saturated rings. The summed E-state index contributed by atoms with van der Waals surface area (Å²) in [6, 6.07) is 10.0. The minimum atomic E-state index is -4.91. The lowest BCUT2D eigenvalue weighted by atomic mass is 9.80. The number of amides is 1. The van der Waals surface area contributed by atoms with Crippen molar-refractivity contribution in [1.82, 2.24) is 20.1 Å². The van der Waals surface area contributed by atoms with Gasteiger partial charge in [-0.1, -0.05) is 50.0 Å². The van der Waals surface area contributed by atoms with Gasteiger partial charge in [0.1, 0.15) is 11.4 Å². The minimum Gasteiger partial charge on any atom is -0.478 e. The fourth-order valence-corrected chi connectivity index (χ4v) is 6.26. The minimum absolute atomic E-state index is 0.0248. The third-order valence-electron chi connectivity index (χ3n) is 8.36. The van der Waals surface area contributed by atoms with Gasteiger partial charge in [0.05, 0.1) is 23.4 Å². The Morgan fingerprint density at radius 1 is 1.16 bits per heavy atom. The highest BCUT2D eigenvalue weighted by atomic mass is 28.3. The standard InChI is InChI=1S/C32H40F4N4O3Si/c1-21-18-40(19-22(2)39(21)3)28-15-27(33)24(23-10-8-7-9-11-23)16-31(28,20-41)38-30(42)25-17-37-29(14-26(25)32(34,35)36)43-12-13-44(4,5)6/h7-11,14-15,17,20-22H,12-13,16,18-19H2,1-6H3,(H,38,42)/t21-,22+,31?. The number of pyridine rings is 1. The van der Waals surface area contributed by atoms with Crippen LogP contribution < -0.4 is 10.1 Å². The van der Waals surface area contributed by atoms with Crippen LogP contribution in [0, 0.1) is 0 Å². The van der Waals surface area contributed by atoms with E-state index in [2.05, 4.69) is 34.8 Å². The average molecular weight is 633 g/mol. The topological polar surface area (TPSA) is 74.8 Å². The number of aldehydes is 1. The fraction of sp³-hybridized carbons (Fsp3) is 0.469. The molecule has 2 aliphatic rings. The summed E-state index contributed by atoms with van der Waals surface area (Å²) in [4.78, 5) is 34.8. The van der Waals surface area contributed by atoms with E-state index in [9.17, 15) is 22.8 Å². The molecule has 2 aromatic rings. The van der Waals surface area contributed by atoms with Crippen molar-refractivity contribution >= 4 is 25.8 Å². The summed E-state index contributed by atoms with van der Waals surface area (Å²) in [6.07, 6.45) is -2.65. The normalized spacial score (nSPS) is 23.3. The first-order valence-electron chi connectivity index (χ1n) is 14.7. The summed E-state index contributed by atoms with van der Waals surface area (Å²) in [5.41, 5.74) is -2.98. The smallest absolute Gasteiger partial charge is 0.417 e. The van der Waals surface area contributed by atoms with Crippen LogP contribution in [0.5, 0.6) is 5.88 Å². The zero-order chi connectivity index (χ0) is 32.4. The van der Waals surface area contributed by atoms with E-state index in [0.717, 1.165) is 6.20 Å². The van der Waals surface area contributed by atoms with Gasteiger partial charge in [0, 0.05) is 51.9 Å². The van der Waals surface area contributed by atoms with Gasteiger partial charge >= 0.3 is 6.18 Å². The van der Waals surface area contributed by atoms with E-state index >= 15 is 4.39 Å². The van der Waals surface area contributed by atoms with Crippen LogP contribution in [0.4, 0.5) is 17.6 Å². The Kier molecular flexibility index (Phi) is 9.74. The Labute approximate surface area is 257 Å². The summed E-state index contributed by atoms with van der Waals surface area (Å²) in [5.74, 6) is -1.97. The molecule has 1 saturated heterocycles. The van der Waals surface area contributed by atoms with Gasteiger partial charge in [-0.2, -0.15) is 13.2 Å². The Hall–Kier alpha value is -3.51. The number of carbonyl (C=O) groups excluding carboxylic acids is 2. The quantitative estimate of drug-likeness (QED) is 0.202. The number of alkyl halides is 3. The Bertz CT molecular complexity index is 1430. The van der Waals surface area contributed by atoms with Crippen LogP contribution in [0.2, 0.25) is 25.7 Å². The zero-order valence-electron chi connectivity index (χ0n) is 26.0. The molecule has 1 aromatic carbocycles. The first-order chi connectivity index (χ1) is 20.5. The molecule has 0 bridgehead atoms. The zero-order valence-corrected chi connectivity index (χ0v) is 27.0. The molecule has 2 heterocycles. The largest absolute Gasteiger partial charge is 0.478 e. The second-order valence-corrected chi connectivity index (χ2v) is 18.6. The van der Waals surface area contributed by atoms with Gasteiger partial charge in [0.25, 0.3) is 5.91 Å². The van der Waals surface area contributed by atoms with E-state index in [1.807, 2.05) is 25.8 Å². The molecule has 1 N–H and O–H groups in total. The lowest BCUT2D eigenvalue weighted by Gasteiger charge is -2.48. The van der Waals surface area contributed by atoms with Crippen LogP contribution in [0.15, 0.2) is 60.2 Å². The maximum absolute atomic E-state index is 15.8. The summed E-state index contributed by atoms with van der Waals surface area (Å²) in [7, 11) is 0.456. The predicted octanol–water partition coefficient (Wildman–Crippen LogP) is 6.18. The lowest BCUT2D eigenvalue weighted by molar-refractivity contribution is -0.138. The number of likely N-dealkylation sites (N-methyl/N-ethyl adjacent to an activating group) is 1. The number of piperazine rings is 1. The van der Waals surface area contributed by atoms with Crippen LogP contribution >= 0.6 is 0 Å². The van der Waals surface area contributed by atoms with E-state index in [1.165, 1.54) is 6.08 Å². The van der Waals surface area contributed by atoms with E-state index in [1.54, 1.807) is 30.3 Å². The van der Waals surface area contributed by atoms with Crippen molar-refractivity contribution in [3.8, 4) is 5.88 Å². The van der Waals surface area contributed by atoms with E-state index in [4.69, 9.17) is 4.74 Å². The second-order valence-electron chi connectivity index (χ2n) is 12.9. The van der Waals surface area contributed by atoms with E-state index in [0.29, 0.717) is 37.0 Å². The molecule has 3 atom stereocenters. The Morgan fingerprint density at radius 2 is 1.80 bits per heavy atom. The molecule has 0 saturated carbocycles. The number of allylic oxidation sites excluding steroid dienone is 2. The first kappa shape index (κ1) is 33.4. The van der Waals surface area contributed by atoms with Crippen molar-refractivity contribution in [3.63, 3.8) is 0 Å². The van der Waals surface area contributed by atoms with Crippen molar-refractivity contribution in [2.45, 2.75) is 69.8 Å². The Balaban J connectivity index is 1.74. The first-order valence-corrected chi connectivity index (χ1v) is 18.4. The van der Waals surface area contributed by atoms with Gasteiger partial charge in [-0.3, -0.25) is 9.69 Å². The summed E-state index contributed by atoms with van der Waals surface area (Å²) >= 11 is 0. The number of hydrogen-bond donors (Lipinski definition) is 1. The molecule has 1 aliphatic heterocycles. The molecule has 4 rings (SSSR count). The molecule has 1 unspecified atom stereocenters. The molecular formula is C32H40F4N4O3Si. The SMILES string of the molecule is C[C@@H]1CN(C2=CC(F)=C(c3ccccc3)CC2(C=O)NC(=O)c2cnc(OCC[Si](C)(C)C)cc2C(F)(F)F)C[C@H](C)N1C. The number of halogens is 4. The molecule has 238 valence electrons. The number of rotatable bonds is 9. The van der Waals surface area contributed by atoms with Gasteiger partial charge in [0.2, 0.25) is 5.88 Å². The monoisotopic (exact) mass is 632 g/mol. The van der Waals surface area contributed by atoms with Crippen LogP contribution in [-0.4, -0.2) is 79.4 Å². The lowest BCUT2D eigenvalue weighted by Crippen LogP contribution is -2.61. The van der Waals surface area contributed by atoms with Gasteiger partial charge in [-0.05, 0) is 44.2 Å². The molecule has 1 aromatic heterocycles. The molecular weight excluding hydrogens is 592 g/mol. The molecule has 0 radical (unpaired) electrons. The summed E-state index contributed by atoms with van der Waals surface area (Å²) in [5, 5.41) is 2.60. The third kappa shape index (κ3) is 7.40.